The summed E-state index contributed by atoms with van der Waals surface area (Å²) in [6, 6.07) is 6.93. The van der Waals surface area contributed by atoms with Gasteiger partial charge in [-0.1, -0.05) is 11.8 Å². The van der Waals surface area contributed by atoms with E-state index in [0.717, 1.165) is 12.1 Å². The van der Waals surface area contributed by atoms with Gasteiger partial charge in [-0.3, -0.25) is 14.7 Å². The molecule has 2 aromatic carbocycles. The largest absolute Gasteiger partial charge is 0.497 e. The monoisotopic (exact) mass is 557 g/mol. The summed E-state index contributed by atoms with van der Waals surface area (Å²) in [5, 5.41) is 10.8. The van der Waals surface area contributed by atoms with Crippen molar-refractivity contribution >= 4 is 22.6 Å². The Balaban J connectivity index is 1.45. The topological polar surface area (TPSA) is 65.9 Å². The molecule has 1 atom stereocenters. The summed E-state index contributed by atoms with van der Waals surface area (Å²) in [5.41, 5.74) is 0.622. The fourth-order valence-electron chi connectivity index (χ4n) is 5.13. The van der Waals surface area contributed by atoms with Gasteiger partial charge in [0.05, 0.1) is 36.5 Å². The average molecular weight is 558 g/mol. The van der Waals surface area contributed by atoms with E-state index in [1.807, 2.05) is 4.90 Å². The third kappa shape index (κ3) is 6.15. The van der Waals surface area contributed by atoms with Crippen molar-refractivity contribution in [2.24, 2.45) is 5.41 Å². The normalized spacial score (nSPS) is 15.8. The number of nitrogens with zero attached hydrogens (tertiary/aromatic N) is 3. The summed E-state index contributed by atoms with van der Waals surface area (Å²) >= 11 is 0. The maximum Gasteiger partial charge on any atom is 0.309 e. The summed E-state index contributed by atoms with van der Waals surface area (Å²) in [4.78, 5) is 20.6. The second-order valence-corrected chi connectivity index (χ2v) is 10.3. The van der Waals surface area contributed by atoms with Crippen molar-refractivity contribution in [1.29, 1.82) is 0 Å². The molecule has 0 radical (unpaired) electrons. The molecule has 0 unspecified atom stereocenters. The van der Waals surface area contributed by atoms with Gasteiger partial charge >= 0.3 is 5.97 Å². The predicted molar refractivity (Wildman–Crippen MR) is 145 cm³/mol. The van der Waals surface area contributed by atoms with Gasteiger partial charge < -0.3 is 14.7 Å². The lowest BCUT2D eigenvalue weighted by atomic mass is 9.74. The summed E-state index contributed by atoms with van der Waals surface area (Å²) in [6.07, 6.45) is 0.983. The number of carbonyl (C=O) groups is 1. The molecule has 1 saturated heterocycles. The van der Waals surface area contributed by atoms with Gasteiger partial charge in [0.1, 0.15) is 11.9 Å². The number of aliphatic carboxylic acids is 1. The van der Waals surface area contributed by atoms with Crippen LogP contribution in [0.4, 0.5) is 23.2 Å². The number of hydrogen-bond donors (Lipinski definition) is 1. The van der Waals surface area contributed by atoms with Crippen molar-refractivity contribution in [3.8, 4) is 17.6 Å². The molecule has 10 heteroatoms. The number of fused-ring (bicyclic) bond motifs is 1. The highest BCUT2D eigenvalue weighted by atomic mass is 19.2. The second kappa shape index (κ2) is 12.1. The first-order valence-corrected chi connectivity index (χ1v) is 12.9. The molecule has 3 aromatic rings. The molecule has 4 rings (SSSR count). The minimum atomic E-state index is -1.54. The van der Waals surface area contributed by atoms with Gasteiger partial charge in [0.2, 0.25) is 0 Å². The molecule has 1 aliphatic rings. The van der Waals surface area contributed by atoms with E-state index >= 15 is 4.39 Å². The Hall–Kier alpha value is -3.84. The van der Waals surface area contributed by atoms with Crippen LogP contribution in [0, 0.1) is 34.7 Å². The number of carboxylic acid groups (broad SMARTS) is 1. The fourth-order valence-corrected chi connectivity index (χ4v) is 5.13. The van der Waals surface area contributed by atoms with Crippen LogP contribution >= 0.6 is 0 Å². The Bertz CT molecular complexity index is 1440. The van der Waals surface area contributed by atoms with E-state index in [9.17, 15) is 23.1 Å². The standard InChI is InChI=1S/C30H31F4N3O3/c1-36(2)26-18-35-25-7-6-20(40-3)17-21(25)27(26)22(31)8-9-30(29(38)39)10-13-37(14-11-30)12-4-5-19-15-23(32)28(34)24(33)16-19/h6-7,15-18,22H,8-14H2,1-3H3,(H,38,39)/t22-/m1/s1. The molecule has 212 valence electrons. The van der Waals surface area contributed by atoms with E-state index in [-0.39, 0.29) is 24.9 Å². The summed E-state index contributed by atoms with van der Waals surface area (Å²) in [5.74, 6) is 0.877. The first-order valence-electron chi connectivity index (χ1n) is 12.9. The Morgan fingerprint density at radius 1 is 1.18 bits per heavy atom. The molecule has 0 bridgehead atoms. The molecule has 2 heterocycles. The van der Waals surface area contributed by atoms with E-state index in [2.05, 4.69) is 16.8 Å². The molecule has 6 nitrogen and oxygen atoms in total. The number of ether oxygens (including phenoxy) is 1. The molecular weight excluding hydrogens is 526 g/mol. The summed E-state index contributed by atoms with van der Waals surface area (Å²) in [6.45, 7) is 1.09. The third-order valence-corrected chi connectivity index (χ3v) is 7.55. The highest BCUT2D eigenvalue weighted by Gasteiger charge is 2.41. The van der Waals surface area contributed by atoms with Crippen molar-refractivity contribution < 1.29 is 32.2 Å². The molecule has 0 spiro atoms. The lowest BCUT2D eigenvalue weighted by molar-refractivity contribution is -0.152. The molecular formula is C30H31F4N3O3. The summed E-state index contributed by atoms with van der Waals surface area (Å²) in [7, 11) is 5.15. The molecule has 1 aliphatic heterocycles. The highest BCUT2D eigenvalue weighted by molar-refractivity contribution is 5.88. The second-order valence-electron chi connectivity index (χ2n) is 10.3. The van der Waals surface area contributed by atoms with Crippen molar-refractivity contribution in [3.05, 3.63) is 65.1 Å². The van der Waals surface area contributed by atoms with Crippen LogP contribution in [-0.2, 0) is 4.79 Å². The van der Waals surface area contributed by atoms with Gasteiger partial charge in [0, 0.05) is 43.7 Å². The smallest absolute Gasteiger partial charge is 0.309 e. The number of methoxy groups -OCH3 is 1. The number of likely N-dealkylation sites (tertiary alicyclic amines) is 1. The third-order valence-electron chi connectivity index (χ3n) is 7.55. The Morgan fingerprint density at radius 2 is 1.85 bits per heavy atom. The van der Waals surface area contributed by atoms with Gasteiger partial charge in [0.15, 0.2) is 17.5 Å². The Labute approximate surface area is 230 Å². The molecule has 1 aromatic heterocycles. The van der Waals surface area contributed by atoms with Crippen LogP contribution in [0.3, 0.4) is 0 Å². The maximum absolute atomic E-state index is 16.0. The average Bonchev–Trinajstić information content (AvgIpc) is 2.94. The van der Waals surface area contributed by atoms with E-state index in [0.29, 0.717) is 53.8 Å². The lowest BCUT2D eigenvalue weighted by Gasteiger charge is -2.38. The number of pyridine rings is 1. The maximum atomic E-state index is 16.0. The van der Waals surface area contributed by atoms with Gasteiger partial charge in [0.25, 0.3) is 0 Å². The van der Waals surface area contributed by atoms with Crippen molar-refractivity contribution in [2.45, 2.75) is 31.9 Å². The Morgan fingerprint density at radius 3 is 2.45 bits per heavy atom. The van der Waals surface area contributed by atoms with Crippen molar-refractivity contribution in [3.63, 3.8) is 0 Å². The van der Waals surface area contributed by atoms with E-state index < -0.39 is 35.0 Å². The molecule has 1 N–H and O–H groups in total. The zero-order valence-electron chi connectivity index (χ0n) is 22.6. The SMILES string of the molecule is COc1ccc2ncc(N(C)C)c([C@H](F)CCC3(C(=O)O)CCN(CC#Cc4cc(F)c(F)c(F)c4)CC3)c2c1. The van der Waals surface area contributed by atoms with Crippen LogP contribution in [0.1, 0.15) is 43.0 Å². The number of aromatic nitrogens is 1. The first-order chi connectivity index (χ1) is 19.0. The van der Waals surface area contributed by atoms with Crippen molar-refractivity contribution in [2.75, 3.05) is 45.7 Å². The molecule has 40 heavy (non-hydrogen) atoms. The van der Waals surface area contributed by atoms with Crippen LogP contribution in [0.15, 0.2) is 36.5 Å². The Kier molecular flexibility index (Phi) is 8.84. The first kappa shape index (κ1) is 29.2. The number of anilines is 1. The minimum Gasteiger partial charge on any atom is -0.497 e. The van der Waals surface area contributed by atoms with Gasteiger partial charge in [-0.15, -0.1) is 0 Å². The molecule has 0 saturated carbocycles. The number of alkyl halides is 1. The van der Waals surface area contributed by atoms with Gasteiger partial charge in [-0.05, 0) is 56.0 Å². The predicted octanol–water partition coefficient (Wildman–Crippen LogP) is 5.74. The number of piperidine rings is 1. The number of benzene rings is 2. The zero-order valence-corrected chi connectivity index (χ0v) is 22.6. The molecule has 1 fully saturated rings. The van der Waals surface area contributed by atoms with Crippen LogP contribution in [0.2, 0.25) is 0 Å². The molecule has 0 amide bonds. The number of halogens is 4. The minimum absolute atomic E-state index is 0.0145. The van der Waals surface area contributed by atoms with Crippen LogP contribution in [-0.4, -0.2) is 61.8 Å². The number of hydrogen-bond acceptors (Lipinski definition) is 5. The lowest BCUT2D eigenvalue weighted by Crippen LogP contribution is -2.44. The summed E-state index contributed by atoms with van der Waals surface area (Å²) < 4.78 is 61.3. The number of rotatable bonds is 8. The van der Waals surface area contributed by atoms with Crippen molar-refractivity contribution in [1.82, 2.24) is 9.88 Å². The van der Waals surface area contributed by atoms with Crippen LogP contribution in [0.25, 0.3) is 10.9 Å². The van der Waals surface area contributed by atoms with Gasteiger partial charge in [-0.2, -0.15) is 0 Å². The van der Waals surface area contributed by atoms with E-state index in [1.165, 1.54) is 7.11 Å². The van der Waals surface area contributed by atoms with Crippen LogP contribution in [0.5, 0.6) is 5.75 Å². The zero-order chi connectivity index (χ0) is 29.0. The quantitative estimate of drug-likeness (QED) is 0.217. The highest BCUT2D eigenvalue weighted by Crippen LogP contribution is 2.43. The number of carboxylic acids is 1. The van der Waals surface area contributed by atoms with E-state index in [4.69, 9.17) is 4.74 Å². The molecule has 0 aliphatic carbocycles. The van der Waals surface area contributed by atoms with E-state index in [1.54, 1.807) is 43.4 Å². The van der Waals surface area contributed by atoms with Gasteiger partial charge in [-0.25, -0.2) is 17.6 Å². The fraction of sp³-hybridized carbons (Fsp3) is 0.400. The van der Waals surface area contributed by atoms with Crippen LogP contribution < -0.4 is 9.64 Å².